The van der Waals surface area contributed by atoms with Gasteiger partial charge < -0.3 is 10.2 Å². The lowest BCUT2D eigenvalue weighted by Crippen LogP contribution is -2.48. The van der Waals surface area contributed by atoms with Crippen LogP contribution in [-0.4, -0.2) is 40.0 Å². The number of hydrogen-bond acceptors (Lipinski definition) is 5. The van der Waals surface area contributed by atoms with E-state index >= 15 is 0 Å². The monoisotopic (exact) mass is 281 g/mol. The third kappa shape index (κ3) is 2.92. The molecule has 7 nitrogen and oxygen atoms in total. The van der Waals surface area contributed by atoms with Gasteiger partial charge in [-0.25, -0.2) is 9.48 Å². The Labute approximate surface area is 118 Å². The van der Waals surface area contributed by atoms with E-state index in [9.17, 15) is 9.59 Å². The van der Waals surface area contributed by atoms with Gasteiger partial charge in [0, 0.05) is 33.2 Å². The highest BCUT2D eigenvalue weighted by molar-refractivity contribution is 5.34. The van der Waals surface area contributed by atoms with E-state index in [-0.39, 0.29) is 5.56 Å². The van der Waals surface area contributed by atoms with Crippen LogP contribution in [0.15, 0.2) is 9.59 Å². The first-order chi connectivity index (χ1) is 9.54. The van der Waals surface area contributed by atoms with Crippen molar-refractivity contribution >= 4 is 5.82 Å². The molecule has 0 aromatic carbocycles. The Balaban J connectivity index is 2.27. The molecular weight excluding hydrogens is 258 g/mol. The highest BCUT2D eigenvalue weighted by atomic mass is 16.2. The highest BCUT2D eigenvalue weighted by Gasteiger charge is 2.20. The molecule has 1 aliphatic rings. The van der Waals surface area contributed by atoms with E-state index in [4.69, 9.17) is 0 Å². The van der Waals surface area contributed by atoms with Gasteiger partial charge >= 0.3 is 5.69 Å². The van der Waals surface area contributed by atoms with Crippen molar-refractivity contribution in [3.63, 3.8) is 0 Å². The molecule has 1 aromatic rings. The summed E-state index contributed by atoms with van der Waals surface area (Å²) in [5.74, 6) is 0.351. The van der Waals surface area contributed by atoms with E-state index in [0.29, 0.717) is 18.4 Å². The summed E-state index contributed by atoms with van der Waals surface area (Å²) in [6.07, 6.45) is 3.54. The minimum Gasteiger partial charge on any atom is -0.349 e. The molecule has 1 fully saturated rings. The number of nitrogens with one attached hydrogen (secondary N) is 1. The Bertz CT molecular complexity index is 571. The lowest BCUT2D eigenvalue weighted by Gasteiger charge is -2.30. The van der Waals surface area contributed by atoms with E-state index < -0.39 is 5.69 Å². The van der Waals surface area contributed by atoms with Gasteiger partial charge in [-0.15, -0.1) is 5.10 Å². The Morgan fingerprint density at radius 2 is 2.10 bits per heavy atom. The zero-order chi connectivity index (χ0) is 14.7. The van der Waals surface area contributed by atoms with Gasteiger partial charge in [0.05, 0.1) is 0 Å². The second kappa shape index (κ2) is 6.21. The van der Waals surface area contributed by atoms with Gasteiger partial charge in [0.2, 0.25) is 5.82 Å². The van der Waals surface area contributed by atoms with Gasteiger partial charge in [0.1, 0.15) is 0 Å². The lowest BCUT2D eigenvalue weighted by molar-refractivity contribution is 0.398. The minimum absolute atomic E-state index is 0.328. The third-order valence-corrected chi connectivity index (χ3v) is 3.84. The molecule has 0 radical (unpaired) electrons. The van der Waals surface area contributed by atoms with Crippen LogP contribution in [-0.2, 0) is 14.1 Å². The van der Waals surface area contributed by atoms with Crippen LogP contribution in [0.3, 0.4) is 0 Å². The van der Waals surface area contributed by atoms with Gasteiger partial charge in [-0.2, -0.15) is 0 Å². The highest BCUT2D eigenvalue weighted by Crippen LogP contribution is 2.11. The quantitative estimate of drug-likeness (QED) is 0.801. The Morgan fingerprint density at radius 1 is 1.35 bits per heavy atom. The first kappa shape index (κ1) is 14.8. The van der Waals surface area contributed by atoms with Crippen LogP contribution in [0.1, 0.15) is 26.2 Å². The zero-order valence-electron chi connectivity index (χ0n) is 12.4. The van der Waals surface area contributed by atoms with Crippen LogP contribution in [0.5, 0.6) is 0 Å². The summed E-state index contributed by atoms with van der Waals surface area (Å²) in [7, 11) is 3.06. The summed E-state index contributed by atoms with van der Waals surface area (Å²) < 4.78 is 2.33. The van der Waals surface area contributed by atoms with E-state index in [1.165, 1.54) is 24.6 Å². The fourth-order valence-electron chi connectivity index (χ4n) is 2.59. The predicted molar refractivity (Wildman–Crippen MR) is 78.2 cm³/mol. The smallest absolute Gasteiger partial charge is 0.346 e. The Morgan fingerprint density at radius 3 is 2.70 bits per heavy atom. The standard InChI is InChI=1S/C13H23N5O2/c1-4-18(9-10-7-5-6-8-14-10)11-12(19)16(2)13(20)17(3)15-11/h10,14H,4-9H2,1-3H3. The molecule has 2 heterocycles. The summed E-state index contributed by atoms with van der Waals surface area (Å²) >= 11 is 0. The summed E-state index contributed by atoms with van der Waals surface area (Å²) in [5.41, 5.74) is -0.726. The van der Waals surface area contributed by atoms with Crippen LogP contribution < -0.4 is 21.5 Å². The predicted octanol–water partition coefficient (Wildman–Crippen LogP) is -0.553. The van der Waals surface area contributed by atoms with Crippen LogP contribution in [0.25, 0.3) is 0 Å². The van der Waals surface area contributed by atoms with Crippen LogP contribution in [0.2, 0.25) is 0 Å². The SMILES string of the molecule is CCN(CC1CCCCN1)c1nn(C)c(=O)n(C)c1=O. The first-order valence-electron chi connectivity index (χ1n) is 7.17. The second-order valence-electron chi connectivity index (χ2n) is 5.28. The molecule has 2 rings (SSSR count). The van der Waals surface area contributed by atoms with Crippen molar-refractivity contribution in [1.29, 1.82) is 0 Å². The normalized spacial score (nSPS) is 19.1. The minimum atomic E-state index is -0.398. The number of anilines is 1. The second-order valence-corrected chi connectivity index (χ2v) is 5.28. The number of aromatic nitrogens is 3. The first-order valence-corrected chi connectivity index (χ1v) is 7.17. The topological polar surface area (TPSA) is 72.2 Å². The maximum Gasteiger partial charge on any atom is 0.346 e. The molecule has 1 N–H and O–H groups in total. The summed E-state index contributed by atoms with van der Waals surface area (Å²) in [5, 5.41) is 7.61. The summed E-state index contributed by atoms with van der Waals surface area (Å²) in [6.45, 7) is 4.46. The van der Waals surface area contributed by atoms with E-state index in [2.05, 4.69) is 10.4 Å². The summed E-state index contributed by atoms with van der Waals surface area (Å²) in [4.78, 5) is 25.8. The molecule has 1 aliphatic heterocycles. The fraction of sp³-hybridized carbons (Fsp3) is 0.769. The van der Waals surface area contributed by atoms with Gasteiger partial charge in [-0.3, -0.25) is 9.36 Å². The molecule has 1 unspecified atom stereocenters. The summed E-state index contributed by atoms with van der Waals surface area (Å²) in [6, 6.07) is 0.382. The van der Waals surface area contributed by atoms with Crippen LogP contribution in [0.4, 0.5) is 5.82 Å². The number of hydrogen-bond donors (Lipinski definition) is 1. The number of rotatable bonds is 4. The van der Waals surface area contributed by atoms with Crippen LogP contribution >= 0.6 is 0 Å². The van der Waals surface area contributed by atoms with Gasteiger partial charge in [-0.1, -0.05) is 6.42 Å². The maximum absolute atomic E-state index is 12.2. The van der Waals surface area contributed by atoms with Crippen molar-refractivity contribution < 1.29 is 0 Å². The van der Waals surface area contributed by atoms with E-state index in [0.717, 1.165) is 24.1 Å². The molecule has 1 saturated heterocycles. The molecule has 7 heteroatoms. The molecule has 0 amide bonds. The fourth-order valence-corrected chi connectivity index (χ4v) is 2.59. The molecule has 1 aromatic heterocycles. The molecule has 112 valence electrons. The van der Waals surface area contributed by atoms with Gasteiger partial charge in [0.15, 0.2) is 0 Å². The van der Waals surface area contributed by atoms with Gasteiger partial charge in [0.25, 0.3) is 5.56 Å². The van der Waals surface area contributed by atoms with Crippen molar-refractivity contribution in [3.8, 4) is 0 Å². The molecule has 0 aliphatic carbocycles. The number of aryl methyl sites for hydroxylation is 1. The van der Waals surface area contributed by atoms with Crippen LogP contribution in [0, 0.1) is 0 Å². The average molecular weight is 281 g/mol. The van der Waals surface area contributed by atoms with Crippen molar-refractivity contribution in [3.05, 3.63) is 20.8 Å². The molecule has 0 spiro atoms. The van der Waals surface area contributed by atoms with Crippen molar-refractivity contribution in [2.75, 3.05) is 24.5 Å². The number of likely N-dealkylation sites (N-methyl/N-ethyl adjacent to an activating group) is 1. The van der Waals surface area contributed by atoms with Gasteiger partial charge in [-0.05, 0) is 26.3 Å². The Kier molecular flexibility index (Phi) is 4.59. The van der Waals surface area contributed by atoms with Crippen molar-refractivity contribution in [2.45, 2.75) is 32.2 Å². The largest absolute Gasteiger partial charge is 0.349 e. The average Bonchev–Trinajstić information content (AvgIpc) is 2.47. The number of nitrogens with zero attached hydrogens (tertiary/aromatic N) is 4. The van der Waals surface area contributed by atoms with Crippen molar-refractivity contribution in [1.82, 2.24) is 19.7 Å². The zero-order valence-corrected chi connectivity index (χ0v) is 12.4. The maximum atomic E-state index is 12.2. The molecular formula is C13H23N5O2. The molecule has 1 atom stereocenters. The van der Waals surface area contributed by atoms with E-state index in [1.54, 1.807) is 7.05 Å². The Hall–Kier alpha value is -1.63. The molecule has 0 bridgehead atoms. The van der Waals surface area contributed by atoms with E-state index in [1.807, 2.05) is 11.8 Å². The number of piperidine rings is 1. The molecule has 20 heavy (non-hydrogen) atoms. The van der Waals surface area contributed by atoms with Crippen molar-refractivity contribution in [2.24, 2.45) is 14.1 Å². The lowest BCUT2D eigenvalue weighted by atomic mass is 10.0. The molecule has 0 saturated carbocycles. The third-order valence-electron chi connectivity index (χ3n) is 3.84.